The molecule has 0 bridgehead atoms. The average Bonchev–Trinajstić information content (AvgIpc) is 2.96. The van der Waals surface area contributed by atoms with Gasteiger partial charge < -0.3 is 15.0 Å². The Balaban J connectivity index is 2.04. The number of ether oxygens (including phenoxy) is 1. The number of amides is 2. The molecule has 0 aliphatic rings. The van der Waals surface area contributed by atoms with Gasteiger partial charge in [-0.15, -0.1) is 0 Å². The highest BCUT2D eigenvalue weighted by atomic mass is 32.2. The van der Waals surface area contributed by atoms with E-state index in [1.54, 1.807) is 55.5 Å². The van der Waals surface area contributed by atoms with Crippen molar-refractivity contribution in [3.8, 4) is 5.75 Å². The molecule has 0 heterocycles. The fraction of sp³-hybridized carbons (Fsp3) is 0.333. The number of anilines is 1. The van der Waals surface area contributed by atoms with Crippen molar-refractivity contribution in [2.75, 3.05) is 18.0 Å². The summed E-state index contributed by atoms with van der Waals surface area (Å²) in [6.45, 7) is 5.12. The number of carbonyl (C=O) groups is 2. The largest absolute Gasteiger partial charge is 0.497 e. The van der Waals surface area contributed by atoms with Crippen LogP contribution in [-0.2, 0) is 26.2 Å². The number of para-hydroxylation sites is 1. The van der Waals surface area contributed by atoms with Gasteiger partial charge in [0.15, 0.2) is 0 Å². The number of benzene rings is 3. The molecule has 8 nitrogen and oxygen atoms in total. The molecule has 0 aromatic heterocycles. The van der Waals surface area contributed by atoms with Crippen LogP contribution in [0.15, 0.2) is 83.8 Å². The SMILES string of the molecule is CCC(C)NC(=O)C(CC)N(Cc1cccc(OC)c1)C(=O)CN(c1ccccc1)S(=O)(=O)c1ccc(F)cc1. The summed E-state index contributed by atoms with van der Waals surface area (Å²) in [5.41, 5.74) is 0.980. The van der Waals surface area contributed by atoms with Crippen molar-refractivity contribution >= 4 is 27.5 Å². The summed E-state index contributed by atoms with van der Waals surface area (Å²) in [5, 5.41) is 2.95. The lowest BCUT2D eigenvalue weighted by molar-refractivity contribution is -0.140. The minimum absolute atomic E-state index is 0.0572. The summed E-state index contributed by atoms with van der Waals surface area (Å²) < 4.78 is 47.4. The van der Waals surface area contributed by atoms with Gasteiger partial charge in [0.05, 0.1) is 17.7 Å². The normalized spacial score (nSPS) is 12.7. The Hall–Kier alpha value is -3.92. The van der Waals surface area contributed by atoms with E-state index in [-0.39, 0.29) is 29.1 Å². The van der Waals surface area contributed by atoms with E-state index in [0.29, 0.717) is 18.6 Å². The van der Waals surface area contributed by atoms with Gasteiger partial charge in [-0.1, -0.05) is 44.2 Å². The summed E-state index contributed by atoms with van der Waals surface area (Å²) in [4.78, 5) is 28.6. The van der Waals surface area contributed by atoms with Gasteiger partial charge in [0.25, 0.3) is 10.0 Å². The lowest BCUT2D eigenvalue weighted by Gasteiger charge is -2.33. The van der Waals surface area contributed by atoms with Crippen molar-refractivity contribution in [2.24, 2.45) is 0 Å². The third-order valence-electron chi connectivity index (χ3n) is 6.60. The Morgan fingerprint density at radius 3 is 2.23 bits per heavy atom. The molecule has 0 aliphatic heterocycles. The van der Waals surface area contributed by atoms with Crippen LogP contribution in [0, 0.1) is 5.82 Å². The molecule has 1 N–H and O–H groups in total. The minimum Gasteiger partial charge on any atom is -0.497 e. The van der Waals surface area contributed by atoms with Crippen LogP contribution in [0.1, 0.15) is 39.2 Å². The summed E-state index contributed by atoms with van der Waals surface area (Å²) >= 11 is 0. The molecule has 2 atom stereocenters. The highest BCUT2D eigenvalue weighted by molar-refractivity contribution is 7.92. The molecule has 2 amide bonds. The van der Waals surface area contributed by atoms with Crippen LogP contribution in [0.25, 0.3) is 0 Å². The van der Waals surface area contributed by atoms with Gasteiger partial charge in [-0.25, -0.2) is 12.8 Å². The molecule has 0 spiro atoms. The van der Waals surface area contributed by atoms with Crippen molar-refractivity contribution in [1.29, 1.82) is 0 Å². The zero-order valence-corrected chi connectivity index (χ0v) is 24.0. The van der Waals surface area contributed by atoms with E-state index in [9.17, 15) is 22.4 Å². The first kappa shape index (κ1) is 30.6. The van der Waals surface area contributed by atoms with Crippen LogP contribution in [-0.4, -0.2) is 50.9 Å². The quantitative estimate of drug-likeness (QED) is 0.321. The van der Waals surface area contributed by atoms with Crippen molar-refractivity contribution in [1.82, 2.24) is 10.2 Å². The monoisotopic (exact) mass is 569 g/mol. The smallest absolute Gasteiger partial charge is 0.264 e. The van der Waals surface area contributed by atoms with E-state index in [2.05, 4.69) is 5.32 Å². The third-order valence-corrected chi connectivity index (χ3v) is 8.39. The van der Waals surface area contributed by atoms with Crippen LogP contribution in [0.3, 0.4) is 0 Å². The van der Waals surface area contributed by atoms with Crippen molar-refractivity contribution in [2.45, 2.75) is 57.1 Å². The van der Waals surface area contributed by atoms with Crippen LogP contribution < -0.4 is 14.4 Å². The maximum Gasteiger partial charge on any atom is 0.264 e. The Kier molecular flexibility index (Phi) is 10.7. The number of carbonyl (C=O) groups excluding carboxylic acids is 2. The zero-order chi connectivity index (χ0) is 29.3. The van der Waals surface area contributed by atoms with Gasteiger partial charge in [-0.05, 0) is 73.9 Å². The van der Waals surface area contributed by atoms with Crippen LogP contribution in [0.5, 0.6) is 5.75 Å². The van der Waals surface area contributed by atoms with Crippen molar-refractivity contribution < 1.29 is 27.1 Å². The number of sulfonamides is 1. The zero-order valence-electron chi connectivity index (χ0n) is 23.2. The predicted octanol–water partition coefficient (Wildman–Crippen LogP) is 4.75. The first-order valence-corrected chi connectivity index (χ1v) is 14.6. The summed E-state index contributed by atoms with van der Waals surface area (Å²) in [6.07, 6.45) is 1.03. The number of nitrogens with zero attached hydrogens (tertiary/aromatic N) is 2. The predicted molar refractivity (Wildman–Crippen MR) is 153 cm³/mol. The molecule has 214 valence electrons. The van der Waals surface area contributed by atoms with Gasteiger partial charge in [0, 0.05) is 12.6 Å². The molecule has 0 radical (unpaired) electrons. The Morgan fingerprint density at radius 1 is 0.950 bits per heavy atom. The van der Waals surface area contributed by atoms with E-state index in [1.807, 2.05) is 19.9 Å². The Labute approximate surface area is 235 Å². The standard InChI is InChI=1S/C30H36FN3O5S/c1-5-22(3)32-30(36)28(6-2)33(20-23-11-10-14-26(19-23)39-4)29(35)21-34(25-12-8-7-9-13-25)40(37,38)27-17-15-24(31)16-18-27/h7-19,22,28H,5-6,20-21H2,1-4H3,(H,32,36). The summed E-state index contributed by atoms with van der Waals surface area (Å²) in [7, 11) is -2.72. The second-order valence-corrected chi connectivity index (χ2v) is 11.3. The fourth-order valence-corrected chi connectivity index (χ4v) is 5.60. The van der Waals surface area contributed by atoms with Gasteiger partial charge in [-0.3, -0.25) is 13.9 Å². The number of rotatable bonds is 13. The summed E-state index contributed by atoms with van der Waals surface area (Å²) in [5.74, 6) is -0.875. The van der Waals surface area contributed by atoms with Crippen LogP contribution >= 0.6 is 0 Å². The minimum atomic E-state index is -4.26. The van der Waals surface area contributed by atoms with Gasteiger partial charge in [0.2, 0.25) is 11.8 Å². The number of hydrogen-bond donors (Lipinski definition) is 1. The van der Waals surface area contributed by atoms with E-state index >= 15 is 0 Å². The molecule has 3 aromatic rings. The summed E-state index contributed by atoms with van der Waals surface area (Å²) in [6, 6.07) is 18.8. The second-order valence-electron chi connectivity index (χ2n) is 9.42. The van der Waals surface area contributed by atoms with Crippen LogP contribution in [0.4, 0.5) is 10.1 Å². The number of methoxy groups -OCH3 is 1. The number of nitrogens with one attached hydrogen (secondary N) is 1. The molecule has 0 saturated carbocycles. The Bertz CT molecular complexity index is 1380. The molecule has 10 heteroatoms. The molecule has 3 aromatic carbocycles. The topological polar surface area (TPSA) is 96.0 Å². The first-order valence-electron chi connectivity index (χ1n) is 13.2. The maximum absolute atomic E-state index is 14.0. The molecular weight excluding hydrogens is 533 g/mol. The average molecular weight is 570 g/mol. The molecule has 0 aliphatic carbocycles. The van der Waals surface area contributed by atoms with Gasteiger partial charge >= 0.3 is 0 Å². The van der Waals surface area contributed by atoms with Gasteiger partial charge in [0.1, 0.15) is 24.2 Å². The lowest BCUT2D eigenvalue weighted by Crippen LogP contribution is -2.53. The molecular formula is C30H36FN3O5S. The fourth-order valence-electron chi connectivity index (χ4n) is 4.18. The van der Waals surface area contributed by atoms with Crippen molar-refractivity contribution in [3.05, 3.63) is 90.2 Å². The molecule has 3 rings (SSSR count). The van der Waals surface area contributed by atoms with Gasteiger partial charge in [-0.2, -0.15) is 0 Å². The third kappa shape index (κ3) is 7.59. The van der Waals surface area contributed by atoms with Crippen LogP contribution in [0.2, 0.25) is 0 Å². The highest BCUT2D eigenvalue weighted by Gasteiger charge is 2.34. The van der Waals surface area contributed by atoms with E-state index < -0.39 is 34.3 Å². The molecule has 40 heavy (non-hydrogen) atoms. The molecule has 2 unspecified atom stereocenters. The maximum atomic E-state index is 14.0. The first-order chi connectivity index (χ1) is 19.1. The molecule has 0 saturated heterocycles. The highest BCUT2D eigenvalue weighted by Crippen LogP contribution is 2.25. The van der Waals surface area contributed by atoms with E-state index in [0.717, 1.165) is 34.1 Å². The van der Waals surface area contributed by atoms with Crippen molar-refractivity contribution in [3.63, 3.8) is 0 Å². The lowest BCUT2D eigenvalue weighted by atomic mass is 10.1. The van der Waals surface area contributed by atoms with E-state index in [1.165, 1.54) is 12.0 Å². The van der Waals surface area contributed by atoms with E-state index in [4.69, 9.17) is 4.74 Å². The second kappa shape index (κ2) is 13.9. The Morgan fingerprint density at radius 2 is 1.62 bits per heavy atom. The number of hydrogen-bond acceptors (Lipinski definition) is 5. The molecule has 0 fully saturated rings. The number of halogens is 1.